The third-order valence-electron chi connectivity index (χ3n) is 2.29. The molecule has 96 valence electrons. The maximum atomic E-state index is 5.60. The number of rotatable bonds is 3. The monoisotopic (exact) mass is 276 g/mol. The predicted octanol–water partition coefficient (Wildman–Crippen LogP) is 3.70. The van der Waals surface area contributed by atoms with Crippen LogP contribution in [0.2, 0.25) is 0 Å². The van der Waals surface area contributed by atoms with E-state index in [0.29, 0.717) is 5.82 Å². The molecule has 0 bridgehead atoms. The van der Waals surface area contributed by atoms with Gasteiger partial charge < -0.3 is 0 Å². The summed E-state index contributed by atoms with van der Waals surface area (Å²) in [6.45, 7) is 10.8. The SMILES string of the molecule is CC(C)(C)CC(C)(C)c1ncnc(N(Cl)Cl)n1. The Morgan fingerprint density at radius 3 is 2.18 bits per heavy atom. The van der Waals surface area contributed by atoms with Crippen LogP contribution in [0.3, 0.4) is 0 Å². The summed E-state index contributed by atoms with van der Waals surface area (Å²) in [7, 11) is 0. The Labute approximate surface area is 113 Å². The molecule has 1 rings (SSSR count). The molecule has 0 aromatic carbocycles. The Hall–Kier alpha value is -0.610. The third-order valence-corrected chi connectivity index (χ3v) is 2.59. The van der Waals surface area contributed by atoms with Crippen LogP contribution in [-0.4, -0.2) is 15.0 Å². The largest absolute Gasteiger partial charge is 0.259 e. The summed E-state index contributed by atoms with van der Waals surface area (Å²) in [6.07, 6.45) is 2.38. The number of anilines is 1. The van der Waals surface area contributed by atoms with Crippen LogP contribution in [0.1, 0.15) is 46.9 Å². The van der Waals surface area contributed by atoms with Gasteiger partial charge in [0.2, 0.25) is 0 Å². The van der Waals surface area contributed by atoms with Gasteiger partial charge >= 0.3 is 0 Å². The second kappa shape index (κ2) is 4.94. The van der Waals surface area contributed by atoms with Crippen molar-refractivity contribution in [2.24, 2.45) is 5.41 Å². The summed E-state index contributed by atoms with van der Waals surface area (Å²) in [5.41, 5.74) is 0.0393. The summed E-state index contributed by atoms with van der Waals surface area (Å²) in [5.74, 6) is 0.948. The minimum atomic E-state index is -0.153. The number of nitrogens with zero attached hydrogens (tertiary/aromatic N) is 4. The normalized spacial score (nSPS) is 12.6. The summed E-state index contributed by atoms with van der Waals surface area (Å²) >= 11 is 11.2. The molecule has 1 aromatic rings. The highest BCUT2D eigenvalue weighted by atomic mass is 35.5. The van der Waals surface area contributed by atoms with E-state index in [-0.39, 0.29) is 16.8 Å². The van der Waals surface area contributed by atoms with Gasteiger partial charge in [0.05, 0.1) is 0 Å². The Morgan fingerprint density at radius 1 is 1.12 bits per heavy atom. The van der Waals surface area contributed by atoms with Crippen molar-refractivity contribution in [3.05, 3.63) is 12.2 Å². The Morgan fingerprint density at radius 2 is 1.71 bits per heavy atom. The van der Waals surface area contributed by atoms with Crippen LogP contribution in [0.5, 0.6) is 0 Å². The van der Waals surface area contributed by atoms with Gasteiger partial charge in [-0.1, -0.05) is 34.6 Å². The molecule has 4 nitrogen and oxygen atoms in total. The number of halogens is 2. The van der Waals surface area contributed by atoms with Gasteiger partial charge in [-0.05, 0) is 11.8 Å². The van der Waals surface area contributed by atoms with Crippen molar-refractivity contribution in [1.82, 2.24) is 15.0 Å². The van der Waals surface area contributed by atoms with Crippen molar-refractivity contribution in [3.63, 3.8) is 0 Å². The zero-order valence-corrected chi connectivity index (χ0v) is 12.3. The van der Waals surface area contributed by atoms with Gasteiger partial charge in [-0.2, -0.15) is 13.9 Å². The lowest BCUT2D eigenvalue weighted by atomic mass is 9.76. The van der Waals surface area contributed by atoms with Gasteiger partial charge in [-0.3, -0.25) is 0 Å². The summed E-state index contributed by atoms with van der Waals surface area (Å²) in [6, 6.07) is 0. The second-order valence-electron chi connectivity index (χ2n) is 5.96. The average molecular weight is 277 g/mol. The minimum Gasteiger partial charge on any atom is -0.221 e. The molecule has 6 heteroatoms. The van der Waals surface area contributed by atoms with Crippen molar-refractivity contribution in [2.45, 2.75) is 46.5 Å². The molecule has 0 saturated carbocycles. The summed E-state index contributed by atoms with van der Waals surface area (Å²) < 4.78 is 0.846. The van der Waals surface area contributed by atoms with E-state index >= 15 is 0 Å². The maximum absolute atomic E-state index is 5.60. The van der Waals surface area contributed by atoms with Crippen molar-refractivity contribution in [3.8, 4) is 0 Å². The summed E-state index contributed by atoms with van der Waals surface area (Å²) in [4.78, 5) is 12.4. The fourth-order valence-electron chi connectivity index (χ4n) is 2.10. The van der Waals surface area contributed by atoms with Crippen molar-refractivity contribution < 1.29 is 0 Å². The topological polar surface area (TPSA) is 41.9 Å². The molecular weight excluding hydrogens is 259 g/mol. The quantitative estimate of drug-likeness (QED) is 0.790. The second-order valence-corrected chi connectivity index (χ2v) is 6.81. The van der Waals surface area contributed by atoms with E-state index in [4.69, 9.17) is 23.6 Å². The van der Waals surface area contributed by atoms with E-state index in [9.17, 15) is 0 Å². The van der Waals surface area contributed by atoms with Crippen LogP contribution in [-0.2, 0) is 5.41 Å². The number of hydrogen-bond acceptors (Lipinski definition) is 4. The van der Waals surface area contributed by atoms with E-state index < -0.39 is 0 Å². The first-order valence-corrected chi connectivity index (χ1v) is 6.11. The number of aromatic nitrogens is 3. The molecule has 0 atom stereocenters. The first-order valence-electron chi connectivity index (χ1n) is 5.43. The minimum absolute atomic E-state index is 0.153. The molecule has 0 aliphatic carbocycles. The first kappa shape index (κ1) is 14.5. The summed E-state index contributed by atoms with van der Waals surface area (Å²) in [5, 5.41) is 0. The smallest absolute Gasteiger partial charge is 0.221 e. The van der Waals surface area contributed by atoms with Crippen molar-refractivity contribution in [2.75, 3.05) is 3.94 Å². The van der Waals surface area contributed by atoms with Crippen molar-refractivity contribution in [1.29, 1.82) is 0 Å². The Kier molecular flexibility index (Phi) is 4.20. The zero-order chi connectivity index (χ0) is 13.3. The molecule has 1 aromatic heterocycles. The van der Waals surface area contributed by atoms with Crippen LogP contribution >= 0.6 is 23.6 Å². The van der Waals surface area contributed by atoms with Gasteiger partial charge in [0, 0.05) is 29.0 Å². The standard InChI is InChI=1S/C11H18Cl2N4/c1-10(2,3)6-11(4,5)8-14-7-15-9(16-8)17(12)13/h7H,6H2,1-5H3. The number of hydrogen-bond donors (Lipinski definition) is 0. The molecule has 0 radical (unpaired) electrons. The molecule has 0 spiro atoms. The maximum Gasteiger partial charge on any atom is 0.259 e. The van der Waals surface area contributed by atoms with Gasteiger partial charge in [-0.15, -0.1) is 0 Å². The van der Waals surface area contributed by atoms with E-state index in [1.54, 1.807) is 0 Å². The fraction of sp³-hybridized carbons (Fsp3) is 0.727. The highest BCUT2D eigenvalue weighted by Gasteiger charge is 2.30. The van der Waals surface area contributed by atoms with Crippen molar-refractivity contribution >= 4 is 29.5 Å². The third kappa shape index (κ3) is 4.28. The highest BCUT2D eigenvalue weighted by Crippen LogP contribution is 2.34. The Balaban J connectivity index is 3.02. The molecular formula is C11H18Cl2N4. The molecule has 1 heterocycles. The molecule has 17 heavy (non-hydrogen) atoms. The molecule has 0 N–H and O–H groups in total. The van der Waals surface area contributed by atoms with Gasteiger partial charge in [0.25, 0.3) is 5.95 Å². The Bertz CT molecular complexity index is 385. The van der Waals surface area contributed by atoms with Gasteiger partial charge in [0.1, 0.15) is 12.2 Å². The molecule has 0 aliphatic heterocycles. The van der Waals surface area contributed by atoms with Gasteiger partial charge in [0.15, 0.2) is 0 Å². The van der Waals surface area contributed by atoms with Crippen LogP contribution in [0, 0.1) is 5.41 Å². The zero-order valence-electron chi connectivity index (χ0n) is 10.8. The molecule has 0 amide bonds. The highest BCUT2D eigenvalue weighted by molar-refractivity contribution is 6.48. The van der Waals surface area contributed by atoms with E-state index in [1.165, 1.54) is 6.33 Å². The first-order chi connectivity index (χ1) is 7.62. The van der Waals surface area contributed by atoms with E-state index in [1.807, 2.05) is 0 Å². The van der Waals surface area contributed by atoms with E-state index in [2.05, 4.69) is 49.6 Å². The van der Waals surface area contributed by atoms with E-state index in [0.717, 1.165) is 10.4 Å². The molecule has 0 saturated heterocycles. The van der Waals surface area contributed by atoms with Crippen LogP contribution in [0.25, 0.3) is 0 Å². The molecule has 0 aliphatic rings. The van der Waals surface area contributed by atoms with Crippen LogP contribution < -0.4 is 3.94 Å². The molecule has 0 unspecified atom stereocenters. The van der Waals surface area contributed by atoms with Crippen LogP contribution in [0.15, 0.2) is 6.33 Å². The lowest BCUT2D eigenvalue weighted by Gasteiger charge is -2.31. The molecule has 0 fully saturated rings. The van der Waals surface area contributed by atoms with Crippen LogP contribution in [0.4, 0.5) is 5.95 Å². The average Bonchev–Trinajstić information content (AvgIpc) is 2.14. The van der Waals surface area contributed by atoms with Gasteiger partial charge in [-0.25, -0.2) is 4.98 Å². The predicted molar refractivity (Wildman–Crippen MR) is 71.1 cm³/mol. The lowest BCUT2D eigenvalue weighted by molar-refractivity contribution is 0.274. The lowest BCUT2D eigenvalue weighted by Crippen LogP contribution is -2.27. The fourth-order valence-corrected chi connectivity index (χ4v) is 2.26.